The Hall–Kier alpha value is -2.89. The van der Waals surface area contributed by atoms with Crippen LogP contribution in [0.5, 0.6) is 0 Å². The first-order chi connectivity index (χ1) is 17.9. The third kappa shape index (κ3) is 8.30. The summed E-state index contributed by atoms with van der Waals surface area (Å²) in [5, 5.41) is 14.1. The van der Waals surface area contributed by atoms with Crippen LogP contribution in [0.25, 0.3) is 11.4 Å². The molecule has 2 N–H and O–H groups in total. The lowest BCUT2D eigenvalue weighted by Gasteiger charge is -2.31. The minimum atomic E-state index is -0.209. The van der Waals surface area contributed by atoms with Gasteiger partial charge < -0.3 is 20.1 Å². The molecule has 0 bridgehead atoms. The van der Waals surface area contributed by atoms with Crippen molar-refractivity contribution >= 4 is 53.9 Å². The number of anilines is 1. The van der Waals surface area contributed by atoms with Crippen LogP contribution < -0.4 is 15.5 Å². The molecule has 10 nitrogen and oxygen atoms in total. The Morgan fingerprint density at radius 2 is 1.77 bits per heavy atom. The summed E-state index contributed by atoms with van der Waals surface area (Å²) in [5.74, 6) is 0.472. The summed E-state index contributed by atoms with van der Waals surface area (Å²) in [6, 6.07) is 13.4. The number of nitrogens with one attached hydrogen (secondary N) is 2. The van der Waals surface area contributed by atoms with Crippen molar-refractivity contribution in [1.82, 2.24) is 30.8 Å². The Kier molecular flexibility index (Phi) is 12.5. The third-order valence-corrected chi connectivity index (χ3v) is 6.54. The Morgan fingerprint density at radius 3 is 2.38 bits per heavy atom. The van der Waals surface area contributed by atoms with Gasteiger partial charge in [-0.15, -0.1) is 24.8 Å². The van der Waals surface area contributed by atoms with E-state index in [0.29, 0.717) is 54.2 Å². The molecular weight excluding hydrogens is 565 g/mol. The van der Waals surface area contributed by atoms with E-state index in [4.69, 9.17) is 16.1 Å². The second-order valence-electron chi connectivity index (χ2n) is 8.87. The molecule has 0 saturated carbocycles. The largest absolute Gasteiger partial charge is 0.353 e. The smallest absolute Gasteiger partial charge is 0.256 e. The van der Waals surface area contributed by atoms with Gasteiger partial charge in [0.05, 0.1) is 23.8 Å². The van der Waals surface area contributed by atoms with Crippen molar-refractivity contribution in [2.75, 3.05) is 44.7 Å². The van der Waals surface area contributed by atoms with E-state index < -0.39 is 0 Å². The number of halogens is 3. The van der Waals surface area contributed by atoms with Crippen molar-refractivity contribution in [2.45, 2.75) is 26.9 Å². The Morgan fingerprint density at radius 1 is 1.08 bits per heavy atom. The highest BCUT2D eigenvalue weighted by Gasteiger charge is 2.27. The molecule has 0 saturated heterocycles. The fourth-order valence-electron chi connectivity index (χ4n) is 4.18. The van der Waals surface area contributed by atoms with Crippen molar-refractivity contribution in [3.63, 3.8) is 0 Å². The zero-order valence-electron chi connectivity index (χ0n) is 22.1. The molecule has 4 rings (SSSR count). The van der Waals surface area contributed by atoms with Gasteiger partial charge in [-0.1, -0.05) is 47.9 Å². The van der Waals surface area contributed by atoms with Gasteiger partial charge in [0.15, 0.2) is 0 Å². The summed E-state index contributed by atoms with van der Waals surface area (Å²) in [6.45, 7) is 6.89. The van der Waals surface area contributed by atoms with Crippen molar-refractivity contribution in [3.8, 4) is 11.4 Å². The molecule has 1 aliphatic heterocycles. The van der Waals surface area contributed by atoms with Crippen molar-refractivity contribution in [2.24, 2.45) is 0 Å². The quantitative estimate of drug-likeness (QED) is 0.323. The van der Waals surface area contributed by atoms with Crippen molar-refractivity contribution < 1.29 is 14.1 Å². The molecule has 0 unspecified atom stereocenters. The van der Waals surface area contributed by atoms with Gasteiger partial charge in [0.25, 0.3) is 5.91 Å². The minimum Gasteiger partial charge on any atom is -0.353 e. The SMILES string of the molecule is CCNCCNC(=O)CN(CC(=O)N(C)N1Cc2ccccc2C1)c1cc(-c2noc(C)n2)ccc1Cl.Cl.Cl. The second kappa shape index (κ2) is 15.0. The first kappa shape index (κ1) is 32.3. The van der Waals surface area contributed by atoms with E-state index in [0.717, 1.165) is 6.54 Å². The number of hydrogen-bond acceptors (Lipinski definition) is 8. The lowest BCUT2D eigenvalue weighted by molar-refractivity contribution is -0.145. The Balaban J connectivity index is 0.00000267. The molecule has 1 aromatic heterocycles. The van der Waals surface area contributed by atoms with Gasteiger partial charge in [-0.25, -0.2) is 5.01 Å². The van der Waals surface area contributed by atoms with E-state index in [-0.39, 0.29) is 49.7 Å². The highest BCUT2D eigenvalue weighted by Crippen LogP contribution is 2.31. The van der Waals surface area contributed by atoms with Crippen LogP contribution in [0, 0.1) is 6.92 Å². The van der Waals surface area contributed by atoms with E-state index in [1.165, 1.54) is 11.1 Å². The Labute approximate surface area is 245 Å². The maximum absolute atomic E-state index is 13.4. The second-order valence-corrected chi connectivity index (χ2v) is 9.28. The van der Waals surface area contributed by atoms with Crippen LogP contribution in [0.4, 0.5) is 5.69 Å². The average Bonchev–Trinajstić information content (AvgIpc) is 3.52. The van der Waals surface area contributed by atoms with Gasteiger partial charge in [-0.3, -0.25) is 14.6 Å². The molecule has 0 atom stereocenters. The summed E-state index contributed by atoms with van der Waals surface area (Å²) < 4.78 is 5.11. The molecule has 13 heteroatoms. The number of likely N-dealkylation sites (N-methyl/N-ethyl adjacent to an activating group) is 2. The molecule has 2 aromatic carbocycles. The third-order valence-electron chi connectivity index (χ3n) is 6.22. The highest BCUT2D eigenvalue weighted by molar-refractivity contribution is 6.33. The summed E-state index contributed by atoms with van der Waals surface area (Å²) in [4.78, 5) is 32.2. The summed E-state index contributed by atoms with van der Waals surface area (Å²) in [6.07, 6.45) is 0. The van der Waals surface area contributed by atoms with Crippen molar-refractivity contribution in [1.29, 1.82) is 0 Å². The molecule has 212 valence electrons. The van der Waals surface area contributed by atoms with E-state index in [1.807, 2.05) is 24.1 Å². The monoisotopic (exact) mass is 597 g/mol. The molecule has 1 aliphatic rings. The number of benzene rings is 2. The van der Waals surface area contributed by atoms with Crippen LogP contribution >= 0.6 is 36.4 Å². The Bertz CT molecular complexity index is 1230. The molecule has 3 aromatic rings. The summed E-state index contributed by atoms with van der Waals surface area (Å²) in [7, 11) is 1.75. The van der Waals surface area contributed by atoms with Crippen molar-refractivity contribution in [3.05, 3.63) is 64.5 Å². The first-order valence-electron chi connectivity index (χ1n) is 12.3. The van der Waals surface area contributed by atoms with Crippen LogP contribution in [0.1, 0.15) is 23.9 Å². The number of carbonyl (C=O) groups excluding carboxylic acids is 2. The fourth-order valence-corrected chi connectivity index (χ4v) is 4.42. The number of aryl methyl sites for hydroxylation is 1. The van der Waals surface area contributed by atoms with Crippen LogP contribution in [-0.2, 0) is 22.7 Å². The van der Waals surface area contributed by atoms with Crippen LogP contribution in [0.2, 0.25) is 5.02 Å². The van der Waals surface area contributed by atoms with Gasteiger partial charge in [0, 0.05) is 45.7 Å². The molecule has 0 radical (unpaired) electrons. The maximum atomic E-state index is 13.4. The zero-order valence-corrected chi connectivity index (χ0v) is 24.5. The highest BCUT2D eigenvalue weighted by atomic mass is 35.5. The van der Waals surface area contributed by atoms with E-state index in [1.54, 1.807) is 42.1 Å². The summed E-state index contributed by atoms with van der Waals surface area (Å²) >= 11 is 6.58. The number of nitrogens with zero attached hydrogens (tertiary/aromatic N) is 5. The van der Waals surface area contributed by atoms with E-state index >= 15 is 0 Å². The topological polar surface area (TPSA) is 107 Å². The van der Waals surface area contributed by atoms with E-state index in [9.17, 15) is 9.59 Å². The van der Waals surface area contributed by atoms with Gasteiger partial charge in [-0.05, 0) is 35.9 Å². The number of fused-ring (bicyclic) bond motifs is 1. The lowest BCUT2D eigenvalue weighted by Crippen LogP contribution is -2.48. The molecular formula is C26H34Cl3N7O3. The van der Waals surface area contributed by atoms with Crippen LogP contribution in [0.3, 0.4) is 0 Å². The fraction of sp³-hybridized carbons (Fsp3) is 0.385. The van der Waals surface area contributed by atoms with Gasteiger partial charge >= 0.3 is 0 Å². The van der Waals surface area contributed by atoms with E-state index in [2.05, 4.69) is 32.9 Å². The molecule has 39 heavy (non-hydrogen) atoms. The number of hydrazine groups is 1. The van der Waals surface area contributed by atoms with Crippen LogP contribution in [0.15, 0.2) is 47.0 Å². The minimum absolute atomic E-state index is 0. The molecule has 2 heterocycles. The maximum Gasteiger partial charge on any atom is 0.256 e. The zero-order chi connectivity index (χ0) is 26.4. The van der Waals surface area contributed by atoms with Gasteiger partial charge in [0.2, 0.25) is 17.6 Å². The summed E-state index contributed by atoms with van der Waals surface area (Å²) in [5.41, 5.74) is 3.61. The number of hydrogen-bond donors (Lipinski definition) is 2. The molecule has 0 aliphatic carbocycles. The number of rotatable bonds is 11. The molecule has 2 amide bonds. The van der Waals surface area contributed by atoms with Crippen LogP contribution in [-0.4, -0.2) is 71.7 Å². The predicted molar refractivity (Wildman–Crippen MR) is 156 cm³/mol. The normalized spacial score (nSPS) is 12.2. The average molecular weight is 599 g/mol. The number of amides is 2. The number of carbonyl (C=O) groups is 2. The van der Waals surface area contributed by atoms with Gasteiger partial charge in [-0.2, -0.15) is 4.98 Å². The first-order valence-corrected chi connectivity index (χ1v) is 12.6. The number of aromatic nitrogens is 2. The molecule has 0 fully saturated rings. The standard InChI is InChI=1S/C26H32ClN7O3.2ClH/c1-4-28-11-12-29-24(35)16-33(23-13-19(9-10-22(23)27)26-30-18(2)37-31-26)17-25(36)32(3)34-14-20-7-5-6-8-21(20)15-34;;/h5-10,13,28H,4,11-12,14-17H2,1-3H3,(H,29,35);2*1H. The van der Waals surface area contributed by atoms with Gasteiger partial charge in [0.1, 0.15) is 0 Å². The molecule has 0 spiro atoms. The predicted octanol–water partition coefficient (Wildman–Crippen LogP) is 3.46. The lowest BCUT2D eigenvalue weighted by atomic mass is 10.1.